The Morgan fingerprint density at radius 3 is 2.48 bits per heavy atom. The lowest BCUT2D eigenvalue weighted by atomic mass is 9.95. The van der Waals surface area contributed by atoms with E-state index in [-0.39, 0.29) is 24.3 Å². The minimum atomic E-state index is -0.871. The second-order valence-electron chi connectivity index (χ2n) is 11.5. The molecule has 12 heteroatoms. The van der Waals surface area contributed by atoms with Crippen molar-refractivity contribution in [3.8, 4) is 11.5 Å². The average Bonchev–Trinajstić information content (AvgIpc) is 3.56. The van der Waals surface area contributed by atoms with E-state index in [1.807, 2.05) is 62.4 Å². The third kappa shape index (κ3) is 6.58. The summed E-state index contributed by atoms with van der Waals surface area (Å²) >= 11 is 7.80. The van der Waals surface area contributed by atoms with Crippen LogP contribution >= 0.6 is 22.9 Å². The number of benzene rings is 3. The Labute approximate surface area is 297 Å². The van der Waals surface area contributed by atoms with Gasteiger partial charge >= 0.3 is 11.9 Å². The van der Waals surface area contributed by atoms with Crippen LogP contribution in [0.15, 0.2) is 87.8 Å². The Balaban J connectivity index is 1.52. The quantitative estimate of drug-likeness (QED) is 0.161. The van der Waals surface area contributed by atoms with Gasteiger partial charge in [0.15, 0.2) is 22.9 Å². The van der Waals surface area contributed by atoms with Crippen molar-refractivity contribution in [1.29, 1.82) is 0 Å². The van der Waals surface area contributed by atoms with Gasteiger partial charge in [-0.25, -0.2) is 14.6 Å². The van der Waals surface area contributed by atoms with E-state index < -0.39 is 18.0 Å². The van der Waals surface area contributed by atoms with Gasteiger partial charge in [0.25, 0.3) is 5.56 Å². The van der Waals surface area contributed by atoms with Gasteiger partial charge in [0.05, 0.1) is 42.2 Å². The van der Waals surface area contributed by atoms with E-state index >= 15 is 0 Å². The lowest BCUT2D eigenvalue weighted by molar-refractivity contribution is -0.143. The lowest BCUT2D eigenvalue weighted by Crippen LogP contribution is -2.40. The molecule has 1 atom stereocenters. The van der Waals surface area contributed by atoms with Gasteiger partial charge in [-0.1, -0.05) is 65.4 Å². The maximum Gasteiger partial charge on any atom is 0.343 e. The summed E-state index contributed by atoms with van der Waals surface area (Å²) in [6.07, 6.45) is 1.90. The smallest absolute Gasteiger partial charge is 0.343 e. The number of para-hydroxylation sites is 1. The van der Waals surface area contributed by atoms with Gasteiger partial charge in [0, 0.05) is 33.7 Å². The number of esters is 2. The first-order valence-corrected chi connectivity index (χ1v) is 17.3. The van der Waals surface area contributed by atoms with Gasteiger partial charge in [-0.15, -0.1) is 0 Å². The van der Waals surface area contributed by atoms with E-state index in [1.54, 1.807) is 32.0 Å². The fourth-order valence-corrected chi connectivity index (χ4v) is 7.38. The Morgan fingerprint density at radius 1 is 0.980 bits per heavy atom. The fourth-order valence-electron chi connectivity index (χ4n) is 6.16. The summed E-state index contributed by atoms with van der Waals surface area (Å²) < 4.78 is 25.9. The second-order valence-corrected chi connectivity index (χ2v) is 12.9. The first-order chi connectivity index (χ1) is 24.2. The molecule has 1 aliphatic heterocycles. The molecule has 1 aliphatic rings. The highest BCUT2D eigenvalue weighted by molar-refractivity contribution is 7.07. The van der Waals surface area contributed by atoms with E-state index in [9.17, 15) is 14.4 Å². The number of rotatable bonds is 11. The molecule has 5 aromatic rings. The summed E-state index contributed by atoms with van der Waals surface area (Å²) in [4.78, 5) is 44.9. The molecule has 0 fully saturated rings. The first-order valence-electron chi connectivity index (χ1n) is 16.1. The zero-order valence-corrected chi connectivity index (χ0v) is 29.9. The Morgan fingerprint density at radius 2 is 1.74 bits per heavy atom. The average molecular weight is 714 g/mol. The highest BCUT2D eigenvalue weighted by Gasteiger charge is 2.34. The third-order valence-electron chi connectivity index (χ3n) is 8.51. The number of hydrogen-bond donors (Lipinski definition) is 0. The zero-order valence-electron chi connectivity index (χ0n) is 28.3. The number of carbonyl (C=O) groups excluding carboxylic acids is 2. The van der Waals surface area contributed by atoms with Crippen molar-refractivity contribution >= 4 is 51.9 Å². The Kier molecular flexibility index (Phi) is 10.3. The van der Waals surface area contributed by atoms with Crippen molar-refractivity contribution in [1.82, 2.24) is 9.13 Å². The van der Waals surface area contributed by atoms with Crippen molar-refractivity contribution in [3.05, 3.63) is 125 Å². The SMILES string of the molecule is CCOC(=O)C1=C(C)N=c2s/c(=C/c3c(C)n(Cc4ccccc4Cl)c4ccccc34)c(=O)n2[C@@H]1c1ccc(OCC(=O)OC)c(OCC)c1. The molecule has 0 amide bonds. The summed E-state index contributed by atoms with van der Waals surface area (Å²) in [6, 6.07) is 20.0. The van der Waals surface area contributed by atoms with Crippen LogP contribution in [0.2, 0.25) is 5.02 Å². The van der Waals surface area contributed by atoms with Gasteiger partial charge in [-0.2, -0.15) is 0 Å². The maximum absolute atomic E-state index is 14.5. The fraction of sp³-hybridized carbons (Fsp3) is 0.263. The van der Waals surface area contributed by atoms with E-state index in [0.29, 0.717) is 50.3 Å². The zero-order chi connectivity index (χ0) is 35.5. The minimum Gasteiger partial charge on any atom is -0.490 e. The third-order valence-corrected chi connectivity index (χ3v) is 9.87. The Bertz CT molecular complexity index is 2340. The van der Waals surface area contributed by atoms with Crippen molar-refractivity contribution in [3.63, 3.8) is 0 Å². The molecule has 50 heavy (non-hydrogen) atoms. The van der Waals surface area contributed by atoms with Crippen molar-refractivity contribution in [2.24, 2.45) is 4.99 Å². The Hall–Kier alpha value is -5.13. The van der Waals surface area contributed by atoms with Gasteiger partial charge < -0.3 is 23.5 Å². The minimum absolute atomic E-state index is 0.148. The summed E-state index contributed by atoms with van der Waals surface area (Å²) in [6.45, 7) is 8.02. The van der Waals surface area contributed by atoms with Crippen LogP contribution in [-0.4, -0.2) is 48.0 Å². The summed E-state index contributed by atoms with van der Waals surface area (Å²) in [7, 11) is 1.28. The highest BCUT2D eigenvalue weighted by Crippen LogP contribution is 2.37. The predicted octanol–water partition coefficient (Wildman–Crippen LogP) is 5.71. The molecular weight excluding hydrogens is 678 g/mol. The number of methoxy groups -OCH3 is 1. The number of ether oxygens (including phenoxy) is 4. The van der Waals surface area contributed by atoms with Gasteiger partial charge in [-0.05, 0) is 69.2 Å². The van der Waals surface area contributed by atoms with Crippen LogP contribution < -0.4 is 24.4 Å². The first kappa shape index (κ1) is 34.7. The highest BCUT2D eigenvalue weighted by atomic mass is 35.5. The largest absolute Gasteiger partial charge is 0.490 e. The number of thiazole rings is 1. The predicted molar refractivity (Wildman–Crippen MR) is 193 cm³/mol. The number of hydrogen-bond acceptors (Lipinski definition) is 9. The van der Waals surface area contributed by atoms with E-state index in [2.05, 4.69) is 10.6 Å². The normalized spacial score (nSPS) is 14.4. The van der Waals surface area contributed by atoms with Crippen LogP contribution in [0.5, 0.6) is 11.5 Å². The molecule has 3 aromatic carbocycles. The van der Waals surface area contributed by atoms with Crippen LogP contribution in [-0.2, 0) is 25.6 Å². The van der Waals surface area contributed by atoms with E-state index in [4.69, 9.17) is 35.5 Å². The van der Waals surface area contributed by atoms with Crippen molar-refractivity contribution in [2.75, 3.05) is 26.9 Å². The summed E-state index contributed by atoms with van der Waals surface area (Å²) in [5, 5.41) is 1.68. The van der Waals surface area contributed by atoms with Crippen LogP contribution in [0.25, 0.3) is 17.0 Å². The topological polar surface area (TPSA) is 110 Å². The van der Waals surface area contributed by atoms with Gasteiger partial charge in [-0.3, -0.25) is 9.36 Å². The molecule has 0 unspecified atom stereocenters. The molecule has 2 aromatic heterocycles. The molecule has 0 bridgehead atoms. The van der Waals surface area contributed by atoms with Crippen LogP contribution in [0, 0.1) is 6.92 Å². The van der Waals surface area contributed by atoms with Crippen LogP contribution in [0.3, 0.4) is 0 Å². The van der Waals surface area contributed by atoms with E-state index in [0.717, 1.165) is 27.7 Å². The van der Waals surface area contributed by atoms with Gasteiger partial charge in [0.1, 0.15) is 0 Å². The molecule has 10 nitrogen and oxygen atoms in total. The molecule has 6 rings (SSSR count). The van der Waals surface area contributed by atoms with Crippen LogP contribution in [0.4, 0.5) is 0 Å². The molecule has 0 spiro atoms. The molecule has 0 saturated carbocycles. The number of nitrogens with zero attached hydrogens (tertiary/aromatic N) is 3. The molecule has 0 aliphatic carbocycles. The van der Waals surface area contributed by atoms with E-state index in [1.165, 1.54) is 23.0 Å². The second kappa shape index (κ2) is 14.8. The number of allylic oxidation sites excluding steroid dienone is 1. The molecule has 3 heterocycles. The maximum atomic E-state index is 14.5. The molecule has 0 N–H and O–H groups in total. The monoisotopic (exact) mass is 713 g/mol. The number of fused-ring (bicyclic) bond motifs is 2. The number of aromatic nitrogens is 2. The number of halogens is 1. The summed E-state index contributed by atoms with van der Waals surface area (Å²) in [5.74, 6) is -0.462. The van der Waals surface area contributed by atoms with Crippen LogP contribution in [0.1, 0.15) is 49.2 Å². The summed E-state index contributed by atoms with van der Waals surface area (Å²) in [5.41, 5.74) is 4.83. The van der Waals surface area contributed by atoms with Crippen molar-refractivity contribution < 1.29 is 28.5 Å². The van der Waals surface area contributed by atoms with Gasteiger partial charge in [0.2, 0.25) is 0 Å². The number of carbonyl (C=O) groups is 2. The molecule has 0 saturated heterocycles. The van der Waals surface area contributed by atoms with Crippen molar-refractivity contribution in [2.45, 2.75) is 40.3 Å². The lowest BCUT2D eigenvalue weighted by Gasteiger charge is -2.25. The molecule has 258 valence electrons. The standard InChI is InChI=1S/C38H36ClN3O7S/c1-6-47-31-18-24(16-17-30(31)49-21-33(43)46-5)35-34(37(45)48-7-2)22(3)40-38-42(35)36(44)32(50-38)19-27-23(4)41(29-15-11-9-13-26(27)29)20-25-12-8-10-14-28(25)39/h8-19,35H,6-7,20-21H2,1-5H3/b32-19+/t35-/m1/s1. The molecule has 0 radical (unpaired) electrons. The molecular formula is C38H36ClN3O7S.